The van der Waals surface area contributed by atoms with Crippen LogP contribution in [0.25, 0.3) is 6.08 Å². The van der Waals surface area contributed by atoms with E-state index in [0.29, 0.717) is 32.1 Å². The number of rotatable bonds is 4. The number of aromatic nitrogens is 2. The summed E-state index contributed by atoms with van der Waals surface area (Å²) in [5, 5.41) is 27.3. The zero-order chi connectivity index (χ0) is 18.4. The van der Waals surface area contributed by atoms with E-state index in [1.807, 2.05) is 11.0 Å². The van der Waals surface area contributed by atoms with Gasteiger partial charge >= 0.3 is 12.1 Å². The highest BCUT2D eigenvalue weighted by Crippen LogP contribution is 2.22. The lowest BCUT2D eigenvalue weighted by molar-refractivity contribution is -0.131. The Bertz CT molecular complexity index is 801. The number of anilines is 1. The average Bonchev–Trinajstić information content (AvgIpc) is 2.95. The van der Waals surface area contributed by atoms with Gasteiger partial charge in [-0.2, -0.15) is 5.26 Å². The summed E-state index contributed by atoms with van der Waals surface area (Å²) in [5.74, 6) is 4.97. The second kappa shape index (κ2) is 7.88. The Labute approximate surface area is 144 Å². The van der Waals surface area contributed by atoms with Crippen LogP contribution in [0.2, 0.25) is 0 Å². The maximum absolute atomic E-state index is 11.0. The normalized spacial score (nSPS) is 14.1. The molecule has 25 heavy (non-hydrogen) atoms. The van der Waals surface area contributed by atoms with Gasteiger partial charge in [-0.25, -0.2) is 14.6 Å². The van der Waals surface area contributed by atoms with E-state index in [2.05, 4.69) is 16.8 Å². The van der Waals surface area contributed by atoms with E-state index in [9.17, 15) is 14.9 Å². The molecule has 1 aromatic heterocycles. The van der Waals surface area contributed by atoms with Gasteiger partial charge in [0.2, 0.25) is 5.95 Å². The van der Waals surface area contributed by atoms with Crippen molar-refractivity contribution < 1.29 is 19.8 Å². The summed E-state index contributed by atoms with van der Waals surface area (Å²) in [7, 11) is 0. The minimum absolute atomic E-state index is 0.218. The molecule has 1 aliphatic rings. The fourth-order valence-corrected chi connectivity index (χ4v) is 2.49. The van der Waals surface area contributed by atoms with Gasteiger partial charge in [0.15, 0.2) is 0 Å². The molecule has 0 spiro atoms. The summed E-state index contributed by atoms with van der Waals surface area (Å²) in [6.07, 6.45) is 1.22. The molecule has 9 nitrogen and oxygen atoms in total. The average molecular weight is 343 g/mol. The topological polar surface area (TPSA) is 123 Å². The Morgan fingerprint density at radius 3 is 2.48 bits per heavy atom. The van der Waals surface area contributed by atoms with Crippen molar-refractivity contribution in [1.29, 1.82) is 5.26 Å². The summed E-state index contributed by atoms with van der Waals surface area (Å²) < 4.78 is 1.62. The largest absolute Gasteiger partial charge is 0.478 e. The lowest BCUT2D eigenvalue weighted by Gasteiger charge is -2.33. The maximum atomic E-state index is 11.0. The number of nitriles is 1. The predicted octanol–water partition coefficient (Wildman–Crippen LogP) is 0.676. The summed E-state index contributed by atoms with van der Waals surface area (Å²) in [5.41, 5.74) is 0.467. The van der Waals surface area contributed by atoms with Crippen LogP contribution in [-0.4, -0.2) is 62.9 Å². The number of hydrogen-bond donors (Lipinski definition) is 2. The number of hydrogen-bond acceptors (Lipinski definition) is 5. The molecule has 0 unspecified atom stereocenters. The highest BCUT2D eigenvalue weighted by molar-refractivity contribution is 5.85. The highest BCUT2D eigenvalue weighted by atomic mass is 16.4. The van der Waals surface area contributed by atoms with Crippen molar-refractivity contribution in [2.24, 2.45) is 0 Å². The molecular weight excluding hydrogens is 326 g/mol. The molecule has 1 fully saturated rings. The first kappa shape index (κ1) is 17.9. The fourth-order valence-electron chi connectivity index (χ4n) is 2.49. The molecule has 0 saturated carbocycles. The van der Waals surface area contributed by atoms with Gasteiger partial charge < -0.3 is 20.0 Å². The van der Waals surface area contributed by atoms with Gasteiger partial charge in [-0.3, -0.25) is 4.57 Å². The molecule has 2 heterocycles. The third kappa shape index (κ3) is 4.09. The number of amides is 1. The third-order valence-electron chi connectivity index (χ3n) is 3.71. The number of imidazole rings is 1. The van der Waals surface area contributed by atoms with E-state index >= 15 is 0 Å². The SMILES string of the molecule is CC#CCn1c(N2CCN(C(=O)O)CC2)nc(C=CC(=O)O)c1C#N. The van der Waals surface area contributed by atoms with Crippen molar-refractivity contribution in [3.8, 4) is 17.9 Å². The van der Waals surface area contributed by atoms with Crippen molar-refractivity contribution >= 4 is 24.1 Å². The molecule has 9 heteroatoms. The van der Waals surface area contributed by atoms with E-state index < -0.39 is 12.1 Å². The minimum atomic E-state index is -1.14. The Kier molecular flexibility index (Phi) is 5.64. The minimum Gasteiger partial charge on any atom is -0.478 e. The quantitative estimate of drug-likeness (QED) is 0.608. The van der Waals surface area contributed by atoms with Crippen molar-refractivity contribution in [2.75, 3.05) is 31.1 Å². The van der Waals surface area contributed by atoms with E-state index in [4.69, 9.17) is 10.2 Å². The van der Waals surface area contributed by atoms with E-state index in [1.54, 1.807) is 11.5 Å². The summed E-state index contributed by atoms with van der Waals surface area (Å²) >= 11 is 0. The molecular formula is C16H17N5O4. The highest BCUT2D eigenvalue weighted by Gasteiger charge is 2.25. The number of piperazine rings is 1. The van der Waals surface area contributed by atoms with Crippen LogP contribution >= 0.6 is 0 Å². The van der Waals surface area contributed by atoms with Crippen LogP contribution in [0.3, 0.4) is 0 Å². The van der Waals surface area contributed by atoms with Gasteiger partial charge in [0.25, 0.3) is 0 Å². The molecule has 1 saturated heterocycles. The van der Waals surface area contributed by atoms with Gasteiger partial charge in [-0.05, 0) is 13.0 Å². The zero-order valence-electron chi connectivity index (χ0n) is 13.6. The molecule has 0 aliphatic carbocycles. The lowest BCUT2D eigenvalue weighted by Crippen LogP contribution is -2.49. The molecule has 2 rings (SSSR count). The van der Waals surface area contributed by atoms with Crippen molar-refractivity contribution in [1.82, 2.24) is 14.5 Å². The first-order valence-electron chi connectivity index (χ1n) is 7.52. The van der Waals surface area contributed by atoms with Crippen molar-refractivity contribution in [2.45, 2.75) is 13.5 Å². The summed E-state index contributed by atoms with van der Waals surface area (Å²) in [6.45, 7) is 3.42. The fraction of sp³-hybridized carbons (Fsp3) is 0.375. The van der Waals surface area contributed by atoms with Gasteiger partial charge in [0, 0.05) is 32.3 Å². The van der Waals surface area contributed by atoms with Crippen molar-refractivity contribution in [3.63, 3.8) is 0 Å². The molecule has 0 atom stereocenters. The first-order valence-corrected chi connectivity index (χ1v) is 7.52. The molecule has 1 aromatic rings. The van der Waals surface area contributed by atoms with Gasteiger partial charge in [-0.15, -0.1) is 5.92 Å². The maximum Gasteiger partial charge on any atom is 0.407 e. The smallest absolute Gasteiger partial charge is 0.407 e. The molecule has 2 N–H and O–H groups in total. The number of nitrogens with zero attached hydrogens (tertiary/aromatic N) is 5. The van der Waals surface area contributed by atoms with Crippen LogP contribution in [0.5, 0.6) is 0 Å². The van der Waals surface area contributed by atoms with Crippen LogP contribution in [0.1, 0.15) is 18.3 Å². The zero-order valence-corrected chi connectivity index (χ0v) is 13.6. The van der Waals surface area contributed by atoms with Crippen LogP contribution in [0.15, 0.2) is 6.08 Å². The van der Waals surface area contributed by atoms with Gasteiger partial charge in [-0.1, -0.05) is 5.92 Å². The summed E-state index contributed by atoms with van der Waals surface area (Å²) in [4.78, 5) is 29.3. The summed E-state index contributed by atoms with van der Waals surface area (Å²) in [6, 6.07) is 2.04. The second-order valence-corrected chi connectivity index (χ2v) is 5.20. The van der Waals surface area contributed by atoms with Crippen molar-refractivity contribution in [3.05, 3.63) is 17.5 Å². The standard InChI is InChI=1S/C16H17N5O4/c1-2-3-6-21-13(11-17)12(4-5-14(22)23)18-15(21)19-7-9-20(10-8-19)16(24)25/h4-5H,6-10H2,1H3,(H,22,23)(H,24,25). The van der Waals surface area contributed by atoms with E-state index in [-0.39, 0.29) is 17.9 Å². The second-order valence-electron chi connectivity index (χ2n) is 5.20. The third-order valence-corrected chi connectivity index (χ3v) is 3.71. The molecule has 130 valence electrons. The van der Waals surface area contributed by atoms with E-state index in [0.717, 1.165) is 6.08 Å². The molecule has 0 bridgehead atoms. The van der Waals surface area contributed by atoms with Gasteiger partial charge in [0.05, 0.1) is 6.54 Å². The number of aliphatic carboxylic acids is 1. The Morgan fingerprint density at radius 2 is 1.96 bits per heavy atom. The first-order chi connectivity index (χ1) is 12.0. The Hall–Kier alpha value is -3.46. The van der Waals surface area contributed by atoms with Gasteiger partial charge in [0.1, 0.15) is 17.5 Å². The monoisotopic (exact) mass is 343 g/mol. The molecule has 0 radical (unpaired) electrons. The number of carbonyl (C=O) groups is 2. The molecule has 0 aromatic carbocycles. The van der Waals surface area contributed by atoms with E-state index in [1.165, 1.54) is 11.0 Å². The van der Waals surface area contributed by atoms with Crippen LogP contribution in [0.4, 0.5) is 10.7 Å². The predicted molar refractivity (Wildman–Crippen MR) is 88.9 cm³/mol. The molecule has 1 aliphatic heterocycles. The number of carboxylic acids is 1. The molecule has 1 amide bonds. The van der Waals surface area contributed by atoms with Crippen LogP contribution < -0.4 is 4.90 Å². The Balaban J connectivity index is 2.38. The Morgan fingerprint density at radius 1 is 1.28 bits per heavy atom. The lowest BCUT2D eigenvalue weighted by atomic mass is 10.3. The number of carboxylic acid groups (broad SMARTS) is 2. The van der Waals surface area contributed by atoms with Crippen LogP contribution in [0, 0.1) is 23.2 Å². The van der Waals surface area contributed by atoms with Crippen LogP contribution in [-0.2, 0) is 11.3 Å².